The van der Waals surface area contributed by atoms with Crippen molar-refractivity contribution in [1.82, 2.24) is 10.6 Å². The van der Waals surface area contributed by atoms with Crippen LogP contribution in [0.3, 0.4) is 0 Å². The van der Waals surface area contributed by atoms with E-state index in [4.69, 9.17) is 8.97 Å². The first kappa shape index (κ1) is 14.3. The molecule has 1 atom stereocenters. The summed E-state index contributed by atoms with van der Waals surface area (Å²) in [5.74, 6) is -0.594. The van der Waals surface area contributed by atoms with E-state index in [-0.39, 0.29) is 11.3 Å². The fourth-order valence-corrected chi connectivity index (χ4v) is 2.88. The molecule has 2 heterocycles. The Morgan fingerprint density at radius 3 is 2.45 bits per heavy atom. The van der Waals surface area contributed by atoms with Crippen LogP contribution in [0.15, 0.2) is 52.0 Å². The van der Waals surface area contributed by atoms with Gasteiger partial charge in [0.25, 0.3) is 16.0 Å². The number of amides is 3. The summed E-state index contributed by atoms with van der Waals surface area (Å²) in [6.07, 6.45) is 1.32. The van der Waals surface area contributed by atoms with Crippen molar-refractivity contribution in [3.63, 3.8) is 0 Å². The van der Waals surface area contributed by atoms with E-state index in [9.17, 15) is 18.0 Å². The van der Waals surface area contributed by atoms with Crippen molar-refractivity contribution >= 4 is 22.1 Å². The Hall–Kier alpha value is -2.65. The number of imide groups is 1. The molecule has 3 rings (SSSR count). The Bertz CT molecular complexity index is 858. The second-order valence-corrected chi connectivity index (χ2v) is 6.06. The maximum Gasteiger partial charge on any atom is 0.322 e. The molecule has 0 spiro atoms. The summed E-state index contributed by atoms with van der Waals surface area (Å²) >= 11 is 0. The van der Waals surface area contributed by atoms with Crippen LogP contribution in [-0.2, 0) is 20.5 Å². The molecule has 3 N–H and O–H groups in total. The third-order valence-electron chi connectivity index (χ3n) is 3.32. The molecule has 1 aliphatic heterocycles. The molecule has 2 aromatic rings. The molecule has 0 saturated carbocycles. The van der Waals surface area contributed by atoms with Gasteiger partial charge < -0.3 is 9.73 Å². The predicted molar refractivity (Wildman–Crippen MR) is 72.4 cm³/mol. The van der Waals surface area contributed by atoms with E-state index < -0.39 is 32.5 Å². The van der Waals surface area contributed by atoms with E-state index in [1.807, 2.05) is 0 Å². The van der Waals surface area contributed by atoms with Crippen molar-refractivity contribution in [2.24, 2.45) is 0 Å². The minimum atomic E-state index is -4.46. The summed E-state index contributed by atoms with van der Waals surface area (Å²) in [6.45, 7) is 0. The van der Waals surface area contributed by atoms with Crippen molar-refractivity contribution in [3.8, 4) is 0 Å². The highest BCUT2D eigenvalue weighted by molar-refractivity contribution is 7.85. The highest BCUT2D eigenvalue weighted by atomic mass is 32.2. The number of hydrogen-bond acceptors (Lipinski definition) is 5. The van der Waals surface area contributed by atoms with Crippen LogP contribution in [0.4, 0.5) is 4.79 Å². The van der Waals surface area contributed by atoms with E-state index in [1.54, 1.807) is 0 Å². The number of nitrogens with one attached hydrogen (secondary N) is 2. The van der Waals surface area contributed by atoms with Gasteiger partial charge in [0.2, 0.25) is 5.54 Å². The van der Waals surface area contributed by atoms with Crippen molar-refractivity contribution in [1.29, 1.82) is 0 Å². The molecule has 9 heteroatoms. The van der Waals surface area contributed by atoms with Gasteiger partial charge in [-0.3, -0.25) is 14.7 Å². The van der Waals surface area contributed by atoms with Gasteiger partial charge in [-0.15, -0.1) is 0 Å². The Morgan fingerprint density at radius 1 is 1.14 bits per heavy atom. The summed E-state index contributed by atoms with van der Waals surface area (Å²) < 4.78 is 36.9. The van der Waals surface area contributed by atoms with E-state index in [0.29, 0.717) is 0 Å². The summed E-state index contributed by atoms with van der Waals surface area (Å²) in [6, 6.07) is 7.33. The zero-order valence-electron chi connectivity index (χ0n) is 10.9. The largest absolute Gasteiger partial charge is 0.466 e. The molecule has 1 fully saturated rings. The van der Waals surface area contributed by atoms with Crippen LogP contribution in [0.2, 0.25) is 0 Å². The fourth-order valence-electron chi connectivity index (χ4n) is 2.36. The van der Waals surface area contributed by atoms with Gasteiger partial charge in [-0.2, -0.15) is 8.42 Å². The molecule has 0 radical (unpaired) electrons. The topological polar surface area (TPSA) is 126 Å². The van der Waals surface area contributed by atoms with Crippen molar-refractivity contribution in [3.05, 3.63) is 54.0 Å². The highest BCUT2D eigenvalue weighted by Crippen LogP contribution is 2.34. The lowest BCUT2D eigenvalue weighted by atomic mass is 9.87. The molecule has 114 valence electrons. The van der Waals surface area contributed by atoms with Crippen LogP contribution < -0.4 is 10.6 Å². The zero-order chi connectivity index (χ0) is 16.0. The molecule has 1 aromatic carbocycles. The van der Waals surface area contributed by atoms with E-state index in [0.717, 1.165) is 6.07 Å². The number of urea groups is 1. The van der Waals surface area contributed by atoms with Crippen molar-refractivity contribution in [2.75, 3.05) is 0 Å². The average molecular weight is 322 g/mol. The van der Waals surface area contributed by atoms with Gasteiger partial charge in [-0.05, 0) is 29.8 Å². The molecule has 1 aliphatic rings. The van der Waals surface area contributed by atoms with Crippen LogP contribution in [0.25, 0.3) is 0 Å². The fraction of sp³-hybridized carbons (Fsp3) is 0.0769. The Labute approximate surface area is 124 Å². The highest BCUT2D eigenvalue weighted by Gasteiger charge is 2.51. The van der Waals surface area contributed by atoms with Crippen LogP contribution in [0.1, 0.15) is 11.3 Å². The van der Waals surface area contributed by atoms with Gasteiger partial charge in [0.15, 0.2) is 0 Å². The average Bonchev–Trinajstić information content (AvgIpc) is 3.06. The molecule has 1 aromatic heterocycles. The standard InChI is InChI=1S/C13H10N2O6S/c16-11-13(15-12(17)14-11,10-5-2-6-21-10)8-3-1-4-9(7-8)22(18,19)20/h1-7H,(H,18,19,20)(H2,14,15,16,17). The van der Waals surface area contributed by atoms with Crippen LogP contribution in [0.5, 0.6) is 0 Å². The minimum absolute atomic E-state index is 0.114. The van der Waals surface area contributed by atoms with Gasteiger partial charge in [0.1, 0.15) is 5.76 Å². The van der Waals surface area contributed by atoms with E-state index in [1.165, 1.54) is 36.6 Å². The molecule has 0 aliphatic carbocycles. The predicted octanol–water partition coefficient (Wildman–Crippen LogP) is 0.609. The van der Waals surface area contributed by atoms with E-state index >= 15 is 0 Å². The number of carbonyl (C=O) groups is 2. The lowest BCUT2D eigenvalue weighted by Gasteiger charge is -2.24. The molecular formula is C13H10N2O6S. The van der Waals surface area contributed by atoms with E-state index in [2.05, 4.69) is 10.6 Å². The van der Waals surface area contributed by atoms with Crippen LogP contribution >= 0.6 is 0 Å². The maximum atomic E-state index is 12.3. The summed E-state index contributed by atoms with van der Waals surface area (Å²) in [4.78, 5) is 23.5. The Balaban J connectivity index is 2.25. The second kappa shape index (κ2) is 4.68. The lowest BCUT2D eigenvalue weighted by Crippen LogP contribution is -2.44. The first-order chi connectivity index (χ1) is 10.3. The monoisotopic (exact) mass is 322 g/mol. The Kier molecular flexibility index (Phi) is 3.04. The smallest absolute Gasteiger partial charge is 0.322 e. The number of hydrogen-bond donors (Lipinski definition) is 3. The first-order valence-electron chi connectivity index (χ1n) is 6.09. The number of furan rings is 1. The minimum Gasteiger partial charge on any atom is -0.466 e. The third kappa shape index (κ3) is 2.07. The van der Waals surface area contributed by atoms with Gasteiger partial charge in [-0.25, -0.2) is 4.79 Å². The number of carbonyl (C=O) groups excluding carboxylic acids is 2. The Morgan fingerprint density at radius 2 is 1.91 bits per heavy atom. The summed E-state index contributed by atoms with van der Waals surface area (Å²) in [5.41, 5.74) is -1.55. The second-order valence-electron chi connectivity index (χ2n) is 4.64. The number of benzene rings is 1. The zero-order valence-corrected chi connectivity index (χ0v) is 11.8. The molecule has 8 nitrogen and oxygen atoms in total. The summed E-state index contributed by atoms with van der Waals surface area (Å²) in [7, 11) is -4.46. The van der Waals surface area contributed by atoms with Crippen LogP contribution in [0, 0.1) is 0 Å². The molecule has 22 heavy (non-hydrogen) atoms. The van der Waals surface area contributed by atoms with Gasteiger partial charge >= 0.3 is 6.03 Å². The normalized spacial score (nSPS) is 21.5. The first-order valence-corrected chi connectivity index (χ1v) is 7.53. The molecule has 1 unspecified atom stereocenters. The number of rotatable bonds is 3. The quantitative estimate of drug-likeness (QED) is 0.561. The van der Waals surface area contributed by atoms with Crippen molar-refractivity contribution < 1.29 is 27.0 Å². The maximum absolute atomic E-state index is 12.3. The van der Waals surface area contributed by atoms with Gasteiger partial charge in [0, 0.05) is 0 Å². The molecule has 0 bridgehead atoms. The third-order valence-corrected chi connectivity index (χ3v) is 4.17. The molecule has 1 saturated heterocycles. The van der Waals surface area contributed by atoms with Crippen LogP contribution in [-0.4, -0.2) is 24.9 Å². The van der Waals surface area contributed by atoms with Gasteiger partial charge in [0.05, 0.1) is 11.2 Å². The molecular weight excluding hydrogens is 312 g/mol. The molecule has 3 amide bonds. The van der Waals surface area contributed by atoms with Crippen molar-refractivity contribution in [2.45, 2.75) is 10.4 Å². The summed E-state index contributed by atoms with van der Waals surface area (Å²) in [5, 5.41) is 4.54. The SMILES string of the molecule is O=C1NC(=O)C(c2cccc(S(=O)(=O)O)c2)(c2ccco2)N1. The lowest BCUT2D eigenvalue weighted by molar-refractivity contribution is -0.123. The van der Waals surface area contributed by atoms with Gasteiger partial charge in [-0.1, -0.05) is 12.1 Å².